The Morgan fingerprint density at radius 3 is 3.08 bits per heavy atom. The zero-order valence-electron chi connectivity index (χ0n) is 6.86. The highest BCUT2D eigenvalue weighted by Gasteiger charge is 1.99. The third kappa shape index (κ3) is 0.922. The molecule has 0 fully saturated rings. The van der Waals surface area contributed by atoms with E-state index in [1.807, 2.05) is 12.3 Å². The molecule has 62 valence electrons. The first kappa shape index (κ1) is 7.09. The molecule has 2 heterocycles. The van der Waals surface area contributed by atoms with E-state index in [2.05, 4.69) is 17.0 Å². The lowest BCUT2D eigenvalue weighted by molar-refractivity contribution is 0.918. The summed E-state index contributed by atoms with van der Waals surface area (Å²) in [5.41, 5.74) is 7.70. The molecule has 2 N–H and O–H groups in total. The summed E-state index contributed by atoms with van der Waals surface area (Å²) in [5, 5.41) is 4.14. The Labute approximate surface area is 70.0 Å². The summed E-state index contributed by atoms with van der Waals surface area (Å²) < 4.78 is 1.62. The monoisotopic (exact) mass is 162 g/mol. The molecule has 0 saturated carbocycles. The maximum absolute atomic E-state index is 5.56. The fraction of sp³-hybridized carbons (Fsp3) is 0.250. The Morgan fingerprint density at radius 1 is 1.50 bits per heavy atom. The summed E-state index contributed by atoms with van der Waals surface area (Å²) in [7, 11) is 0. The van der Waals surface area contributed by atoms with Crippen LogP contribution in [0.4, 0.5) is 5.95 Å². The van der Waals surface area contributed by atoms with Crippen LogP contribution in [0.1, 0.15) is 12.5 Å². The predicted molar refractivity (Wildman–Crippen MR) is 46.8 cm³/mol. The molecule has 0 bridgehead atoms. The number of nitrogen functional groups attached to an aromatic ring is 1. The maximum Gasteiger partial charge on any atom is 0.221 e. The molecule has 2 aromatic rings. The minimum atomic E-state index is 0.438. The van der Waals surface area contributed by atoms with E-state index in [0.29, 0.717) is 5.95 Å². The van der Waals surface area contributed by atoms with Crippen molar-refractivity contribution in [1.29, 1.82) is 0 Å². The summed E-state index contributed by atoms with van der Waals surface area (Å²) in [6.07, 6.45) is 4.51. The Hall–Kier alpha value is -1.58. The summed E-state index contributed by atoms with van der Waals surface area (Å²) in [6, 6.07) is 2.04. The van der Waals surface area contributed by atoms with Crippen molar-refractivity contribution in [2.24, 2.45) is 0 Å². The minimum absolute atomic E-state index is 0.438. The van der Waals surface area contributed by atoms with Crippen LogP contribution in [0.25, 0.3) is 5.52 Å². The van der Waals surface area contributed by atoms with E-state index >= 15 is 0 Å². The molecule has 0 aliphatic rings. The molecule has 0 amide bonds. The van der Waals surface area contributed by atoms with Gasteiger partial charge in [-0.15, -0.1) is 0 Å². The van der Waals surface area contributed by atoms with Crippen molar-refractivity contribution in [3.63, 3.8) is 0 Å². The third-order valence-corrected chi connectivity index (χ3v) is 1.87. The van der Waals surface area contributed by atoms with Gasteiger partial charge in [0.2, 0.25) is 5.95 Å². The third-order valence-electron chi connectivity index (χ3n) is 1.87. The number of imidazole rings is 1. The van der Waals surface area contributed by atoms with Crippen molar-refractivity contribution in [3.05, 3.63) is 24.0 Å². The van der Waals surface area contributed by atoms with Crippen LogP contribution in [0, 0.1) is 0 Å². The number of rotatable bonds is 1. The van der Waals surface area contributed by atoms with Gasteiger partial charge in [-0.2, -0.15) is 9.61 Å². The number of hydrogen-bond acceptors (Lipinski definition) is 3. The zero-order valence-corrected chi connectivity index (χ0v) is 6.86. The van der Waals surface area contributed by atoms with Gasteiger partial charge in [-0.1, -0.05) is 6.92 Å². The van der Waals surface area contributed by atoms with Crippen molar-refractivity contribution in [1.82, 2.24) is 14.6 Å². The van der Waals surface area contributed by atoms with Gasteiger partial charge in [0.05, 0.1) is 17.9 Å². The number of fused-ring (bicyclic) bond motifs is 1. The van der Waals surface area contributed by atoms with Crippen LogP contribution in [0.5, 0.6) is 0 Å². The first-order valence-corrected chi connectivity index (χ1v) is 3.89. The molecule has 0 aliphatic heterocycles. The average Bonchev–Trinajstić information content (AvgIpc) is 2.47. The second kappa shape index (κ2) is 2.48. The highest BCUT2D eigenvalue weighted by Crippen LogP contribution is 2.08. The van der Waals surface area contributed by atoms with Gasteiger partial charge in [0.15, 0.2) is 0 Å². The molecular weight excluding hydrogens is 152 g/mol. The summed E-state index contributed by atoms with van der Waals surface area (Å²) in [4.78, 5) is 3.95. The van der Waals surface area contributed by atoms with Gasteiger partial charge in [0.1, 0.15) is 0 Å². The summed E-state index contributed by atoms with van der Waals surface area (Å²) in [6.45, 7) is 2.09. The second-order valence-corrected chi connectivity index (χ2v) is 2.67. The lowest BCUT2D eigenvalue weighted by atomic mass is 10.2. The fourth-order valence-corrected chi connectivity index (χ4v) is 1.15. The number of anilines is 1. The number of hydrogen-bond donors (Lipinski definition) is 1. The van der Waals surface area contributed by atoms with Crippen LogP contribution in [-0.4, -0.2) is 14.6 Å². The van der Waals surface area contributed by atoms with E-state index in [9.17, 15) is 0 Å². The van der Waals surface area contributed by atoms with Crippen molar-refractivity contribution < 1.29 is 0 Å². The first-order chi connectivity index (χ1) is 5.81. The van der Waals surface area contributed by atoms with Crippen LogP contribution in [-0.2, 0) is 6.42 Å². The first-order valence-electron chi connectivity index (χ1n) is 3.89. The molecule has 2 rings (SSSR count). The van der Waals surface area contributed by atoms with E-state index in [4.69, 9.17) is 5.73 Å². The molecule has 0 aliphatic carbocycles. The van der Waals surface area contributed by atoms with Gasteiger partial charge in [0.25, 0.3) is 0 Å². The smallest absolute Gasteiger partial charge is 0.221 e. The van der Waals surface area contributed by atoms with Crippen LogP contribution in [0.3, 0.4) is 0 Å². The molecule has 4 heteroatoms. The minimum Gasteiger partial charge on any atom is -0.368 e. The van der Waals surface area contributed by atoms with Crippen molar-refractivity contribution in [3.8, 4) is 0 Å². The molecule has 0 spiro atoms. The molecule has 0 radical (unpaired) electrons. The van der Waals surface area contributed by atoms with E-state index in [-0.39, 0.29) is 0 Å². The van der Waals surface area contributed by atoms with Crippen LogP contribution >= 0.6 is 0 Å². The molecule has 0 atom stereocenters. The van der Waals surface area contributed by atoms with Gasteiger partial charge in [-0.25, -0.2) is 4.98 Å². The maximum atomic E-state index is 5.56. The second-order valence-electron chi connectivity index (χ2n) is 2.67. The predicted octanol–water partition coefficient (Wildman–Crippen LogP) is 0.874. The topological polar surface area (TPSA) is 56.2 Å². The molecule has 4 nitrogen and oxygen atoms in total. The average molecular weight is 162 g/mol. The van der Waals surface area contributed by atoms with Gasteiger partial charge in [0, 0.05) is 0 Å². The summed E-state index contributed by atoms with van der Waals surface area (Å²) >= 11 is 0. The number of nitrogens with two attached hydrogens (primary N) is 1. The van der Waals surface area contributed by atoms with Crippen molar-refractivity contribution in [2.45, 2.75) is 13.3 Å². The lowest BCUT2D eigenvalue weighted by Crippen LogP contribution is -1.98. The molecule has 0 unspecified atom stereocenters. The lowest BCUT2D eigenvalue weighted by Gasteiger charge is -1.97. The van der Waals surface area contributed by atoms with Gasteiger partial charge in [-0.3, -0.25) is 0 Å². The van der Waals surface area contributed by atoms with Crippen molar-refractivity contribution in [2.75, 3.05) is 5.73 Å². The highest BCUT2D eigenvalue weighted by atomic mass is 15.3. The quantitative estimate of drug-likeness (QED) is 0.677. The molecule has 0 aromatic carbocycles. The highest BCUT2D eigenvalue weighted by molar-refractivity contribution is 5.50. The van der Waals surface area contributed by atoms with Crippen LogP contribution in [0.2, 0.25) is 0 Å². The van der Waals surface area contributed by atoms with Gasteiger partial charge >= 0.3 is 0 Å². The van der Waals surface area contributed by atoms with E-state index in [1.165, 1.54) is 5.56 Å². The fourth-order valence-electron chi connectivity index (χ4n) is 1.15. The van der Waals surface area contributed by atoms with Crippen LogP contribution < -0.4 is 5.73 Å². The van der Waals surface area contributed by atoms with E-state index in [1.54, 1.807) is 10.7 Å². The Bertz CT molecular complexity index is 404. The van der Waals surface area contributed by atoms with Crippen molar-refractivity contribution >= 4 is 11.5 Å². The summed E-state index contributed by atoms with van der Waals surface area (Å²) in [5.74, 6) is 0.438. The SMILES string of the molecule is CCc1cnn2c(N)ncc2c1. The normalized spacial score (nSPS) is 10.8. The van der Waals surface area contributed by atoms with Gasteiger partial charge in [-0.05, 0) is 18.1 Å². The zero-order chi connectivity index (χ0) is 8.55. The largest absolute Gasteiger partial charge is 0.368 e. The van der Waals surface area contributed by atoms with Gasteiger partial charge < -0.3 is 5.73 Å². The number of aromatic nitrogens is 3. The molecule has 12 heavy (non-hydrogen) atoms. The van der Waals surface area contributed by atoms with E-state index in [0.717, 1.165) is 11.9 Å². The standard InChI is InChI=1S/C8H10N4/c1-2-6-3-7-5-10-8(9)12(7)11-4-6/h3-5H,2H2,1H3,(H2,9,10). The number of nitrogens with zero attached hydrogens (tertiary/aromatic N) is 3. The van der Waals surface area contributed by atoms with E-state index < -0.39 is 0 Å². The number of aryl methyl sites for hydroxylation is 1. The Morgan fingerprint density at radius 2 is 2.33 bits per heavy atom. The Balaban J connectivity index is 2.69. The Kier molecular flexibility index (Phi) is 1.46. The molecular formula is C8H10N4. The molecule has 0 saturated heterocycles. The molecule has 2 aromatic heterocycles. The van der Waals surface area contributed by atoms with Crippen LogP contribution in [0.15, 0.2) is 18.5 Å².